The topological polar surface area (TPSA) is 115 Å². The van der Waals surface area contributed by atoms with E-state index in [1.807, 2.05) is 24.4 Å². The highest BCUT2D eigenvalue weighted by molar-refractivity contribution is 5.74. The Bertz CT molecular complexity index is 1430. The summed E-state index contributed by atoms with van der Waals surface area (Å²) in [6.45, 7) is 4.86. The van der Waals surface area contributed by atoms with E-state index in [9.17, 15) is 10.2 Å². The normalized spacial score (nSPS) is 27.3. The van der Waals surface area contributed by atoms with Crippen LogP contribution in [0.1, 0.15) is 18.5 Å². The number of benzene rings is 1. The predicted molar refractivity (Wildman–Crippen MR) is 150 cm³/mol. The maximum absolute atomic E-state index is 10.3. The van der Waals surface area contributed by atoms with Crippen LogP contribution in [0.2, 0.25) is 0 Å². The Kier molecular flexibility index (Phi) is 6.02. The molecule has 2 bridgehead atoms. The molecule has 4 fully saturated rings. The number of nitrogen functional groups attached to an aromatic ring is 1. The number of fused-ring (bicyclic) bond motifs is 3. The number of phenolic OH excluding ortho intramolecular Hbond substituents is 1. The van der Waals surface area contributed by atoms with Crippen molar-refractivity contribution in [3.05, 3.63) is 54.4 Å². The number of aliphatic hydroxyl groups excluding tert-OH is 1. The Morgan fingerprint density at radius 2 is 1.74 bits per heavy atom. The van der Waals surface area contributed by atoms with Crippen molar-refractivity contribution in [1.82, 2.24) is 20.1 Å². The van der Waals surface area contributed by atoms with Gasteiger partial charge in [0.1, 0.15) is 11.4 Å². The first kappa shape index (κ1) is 24.2. The lowest BCUT2D eigenvalue weighted by molar-refractivity contribution is 0.230. The summed E-state index contributed by atoms with van der Waals surface area (Å²) in [6.07, 6.45) is 4.09. The highest BCUT2D eigenvalue weighted by Crippen LogP contribution is 2.51. The lowest BCUT2D eigenvalue weighted by Gasteiger charge is -2.43. The number of phenols is 1. The molecule has 200 valence electrons. The Balaban J connectivity index is 1.05. The first-order chi connectivity index (χ1) is 19.1. The molecule has 1 saturated carbocycles. The molecule has 1 aliphatic carbocycles. The number of aromatic nitrogens is 3. The summed E-state index contributed by atoms with van der Waals surface area (Å²) in [5.41, 5.74) is 10.4. The van der Waals surface area contributed by atoms with Crippen LogP contribution in [0.4, 0.5) is 17.2 Å². The number of aliphatic hydroxyl groups is 1. The van der Waals surface area contributed by atoms with Crippen LogP contribution in [0.15, 0.2) is 48.7 Å². The van der Waals surface area contributed by atoms with E-state index < -0.39 is 0 Å². The zero-order chi connectivity index (χ0) is 26.5. The van der Waals surface area contributed by atoms with Crippen molar-refractivity contribution < 1.29 is 10.2 Å². The quantitative estimate of drug-likeness (QED) is 0.433. The number of likely N-dealkylation sites (tertiary alicyclic amines) is 1. The molecule has 2 aromatic heterocycles. The average molecular weight is 524 g/mol. The highest BCUT2D eigenvalue weighted by atomic mass is 16.3. The molecule has 1 aromatic carbocycles. The Labute approximate surface area is 228 Å². The Morgan fingerprint density at radius 1 is 0.974 bits per heavy atom. The third-order valence-electron chi connectivity index (χ3n) is 9.02. The first-order valence-corrected chi connectivity index (χ1v) is 13.8. The summed E-state index contributed by atoms with van der Waals surface area (Å²) in [6, 6.07) is 14.0. The van der Waals surface area contributed by atoms with Crippen LogP contribution in [-0.4, -0.2) is 81.7 Å². The van der Waals surface area contributed by atoms with Gasteiger partial charge in [-0.25, -0.2) is 4.98 Å². The molecule has 5 heterocycles. The van der Waals surface area contributed by atoms with Crippen molar-refractivity contribution in [1.29, 1.82) is 0 Å². The van der Waals surface area contributed by atoms with Crippen LogP contribution in [0.5, 0.6) is 5.75 Å². The second kappa shape index (κ2) is 9.70. The van der Waals surface area contributed by atoms with Gasteiger partial charge in [0, 0.05) is 62.3 Å². The lowest BCUT2D eigenvalue weighted by atomic mass is 10.1. The predicted octanol–water partition coefficient (Wildman–Crippen LogP) is 2.21. The molecule has 39 heavy (non-hydrogen) atoms. The van der Waals surface area contributed by atoms with Crippen LogP contribution < -0.4 is 15.5 Å². The summed E-state index contributed by atoms with van der Waals surface area (Å²) < 4.78 is 0. The summed E-state index contributed by atoms with van der Waals surface area (Å²) in [4.78, 5) is 11.8. The Hall–Kier alpha value is -3.87. The van der Waals surface area contributed by atoms with Gasteiger partial charge in [0.25, 0.3) is 0 Å². The van der Waals surface area contributed by atoms with Crippen molar-refractivity contribution in [2.45, 2.75) is 24.9 Å². The summed E-state index contributed by atoms with van der Waals surface area (Å²) in [5, 5.41) is 28.1. The number of hydrogen-bond donors (Lipinski definition) is 3. The fourth-order valence-electron chi connectivity index (χ4n) is 7.01. The van der Waals surface area contributed by atoms with Gasteiger partial charge in [0.15, 0.2) is 5.82 Å². The number of nitrogens with two attached hydrogens (primary N) is 1. The SMILES string of the molecule is Nc1nnc(-c2ccccc2O)cc1N1CC2CCC(C1)N2c1ccnc(C#CCN2C[C@@H]3[C@@H](CO)[C@@H]3C2)c1. The minimum atomic E-state index is 0.177. The van der Waals surface area contributed by atoms with Crippen molar-refractivity contribution >= 4 is 17.2 Å². The van der Waals surface area contributed by atoms with Crippen LogP contribution in [0, 0.1) is 29.6 Å². The number of hydrogen-bond acceptors (Lipinski definition) is 9. The molecular weight excluding hydrogens is 490 g/mol. The number of piperazine rings is 1. The molecule has 9 heteroatoms. The average Bonchev–Trinajstić information content (AvgIpc) is 3.29. The number of aromatic hydroxyl groups is 1. The molecule has 7 rings (SSSR count). The molecule has 0 radical (unpaired) electrons. The fraction of sp³-hybridized carbons (Fsp3) is 0.433. The molecule has 4 N–H and O–H groups in total. The van der Waals surface area contributed by atoms with E-state index in [2.05, 4.69) is 53.9 Å². The first-order valence-electron chi connectivity index (χ1n) is 13.8. The smallest absolute Gasteiger partial charge is 0.169 e. The van der Waals surface area contributed by atoms with E-state index in [0.717, 1.165) is 56.9 Å². The molecule has 0 amide bonds. The monoisotopic (exact) mass is 523 g/mol. The van der Waals surface area contributed by atoms with Gasteiger partial charge in [0.2, 0.25) is 0 Å². The number of para-hydroxylation sites is 1. The van der Waals surface area contributed by atoms with Gasteiger partial charge in [-0.1, -0.05) is 18.1 Å². The van der Waals surface area contributed by atoms with E-state index in [0.29, 0.717) is 53.5 Å². The second-order valence-corrected chi connectivity index (χ2v) is 11.3. The van der Waals surface area contributed by atoms with Gasteiger partial charge in [-0.05, 0) is 66.8 Å². The van der Waals surface area contributed by atoms with Gasteiger partial charge in [-0.15, -0.1) is 10.2 Å². The Morgan fingerprint density at radius 3 is 2.49 bits per heavy atom. The summed E-state index contributed by atoms with van der Waals surface area (Å²) >= 11 is 0. The number of nitrogens with zero attached hydrogens (tertiary/aromatic N) is 6. The molecular formula is C30H33N7O2. The lowest BCUT2D eigenvalue weighted by Crippen LogP contribution is -2.54. The zero-order valence-electron chi connectivity index (χ0n) is 21.8. The second-order valence-electron chi connectivity index (χ2n) is 11.3. The molecule has 3 aromatic rings. The highest BCUT2D eigenvalue weighted by Gasteiger charge is 2.54. The van der Waals surface area contributed by atoms with Crippen molar-refractivity contribution in [3.8, 4) is 28.8 Å². The van der Waals surface area contributed by atoms with Gasteiger partial charge in [0.05, 0.1) is 17.9 Å². The molecule has 4 aliphatic rings. The van der Waals surface area contributed by atoms with E-state index in [-0.39, 0.29) is 5.75 Å². The van der Waals surface area contributed by atoms with Crippen molar-refractivity contribution in [2.75, 3.05) is 54.9 Å². The van der Waals surface area contributed by atoms with Gasteiger partial charge < -0.3 is 25.7 Å². The summed E-state index contributed by atoms with van der Waals surface area (Å²) in [5.74, 6) is 9.05. The van der Waals surface area contributed by atoms with Crippen LogP contribution in [0.25, 0.3) is 11.3 Å². The number of rotatable bonds is 5. The van der Waals surface area contributed by atoms with Crippen molar-refractivity contribution in [3.63, 3.8) is 0 Å². The summed E-state index contributed by atoms with van der Waals surface area (Å²) in [7, 11) is 0. The third kappa shape index (κ3) is 4.44. The van der Waals surface area contributed by atoms with Gasteiger partial charge in [-0.3, -0.25) is 4.90 Å². The number of piperidine rings is 1. The molecule has 3 aliphatic heterocycles. The van der Waals surface area contributed by atoms with Gasteiger partial charge in [-0.2, -0.15) is 0 Å². The maximum Gasteiger partial charge on any atom is 0.169 e. The largest absolute Gasteiger partial charge is 0.507 e. The van der Waals surface area contributed by atoms with E-state index in [1.54, 1.807) is 12.1 Å². The van der Waals surface area contributed by atoms with Gasteiger partial charge >= 0.3 is 0 Å². The van der Waals surface area contributed by atoms with E-state index in [4.69, 9.17) is 5.73 Å². The molecule has 9 nitrogen and oxygen atoms in total. The molecule has 0 spiro atoms. The zero-order valence-corrected chi connectivity index (χ0v) is 21.8. The molecule has 2 unspecified atom stereocenters. The van der Waals surface area contributed by atoms with Crippen LogP contribution >= 0.6 is 0 Å². The number of pyridine rings is 1. The van der Waals surface area contributed by atoms with Crippen LogP contribution in [-0.2, 0) is 0 Å². The third-order valence-corrected chi connectivity index (χ3v) is 9.02. The minimum Gasteiger partial charge on any atom is -0.507 e. The standard InChI is InChI=1S/C30H33N7O2/c31-30-28(13-27(33-34-30)23-5-1-2-6-29(23)39)36-14-21-7-8-22(15-36)37(21)20-9-10-32-19(12-20)4-3-11-35-16-24-25(17-35)26(24)18-38/h1-2,5-6,9-10,12-13,21-22,24-26,38-39H,7-8,11,14-18H2,(H2,31,34)/t21?,22?,24-,25+,26+. The van der Waals surface area contributed by atoms with E-state index in [1.165, 1.54) is 5.69 Å². The van der Waals surface area contributed by atoms with Crippen LogP contribution in [0.3, 0.4) is 0 Å². The fourth-order valence-corrected chi connectivity index (χ4v) is 7.01. The minimum absolute atomic E-state index is 0.177. The maximum atomic E-state index is 10.3. The molecule has 3 saturated heterocycles. The van der Waals surface area contributed by atoms with Crippen molar-refractivity contribution in [2.24, 2.45) is 17.8 Å². The molecule has 5 atom stereocenters. The number of anilines is 3. The van der Waals surface area contributed by atoms with E-state index >= 15 is 0 Å².